The zero-order valence-electron chi connectivity index (χ0n) is 13.7. The predicted octanol–water partition coefficient (Wildman–Crippen LogP) is 3.10. The van der Waals surface area contributed by atoms with E-state index in [-0.39, 0.29) is 24.4 Å². The number of likely N-dealkylation sites (tertiary alicyclic amines) is 1. The second-order valence-corrected chi connectivity index (χ2v) is 5.85. The van der Waals surface area contributed by atoms with Gasteiger partial charge in [0.15, 0.2) is 0 Å². The zero-order chi connectivity index (χ0) is 16.9. The highest BCUT2D eigenvalue weighted by molar-refractivity contribution is 5.78. The van der Waals surface area contributed by atoms with Crippen molar-refractivity contribution in [3.05, 3.63) is 53.5 Å². The van der Waals surface area contributed by atoms with Crippen molar-refractivity contribution in [2.75, 3.05) is 19.8 Å². The molecule has 0 aliphatic carbocycles. The van der Waals surface area contributed by atoms with Crippen LogP contribution < -0.4 is 0 Å². The summed E-state index contributed by atoms with van der Waals surface area (Å²) in [6, 6.07) is 6.27. The number of hydrogen-bond acceptors (Lipinski definition) is 4. The lowest BCUT2D eigenvalue weighted by Gasteiger charge is -2.22. The van der Waals surface area contributed by atoms with Gasteiger partial charge in [0.25, 0.3) is 0 Å². The summed E-state index contributed by atoms with van der Waals surface area (Å²) in [6.45, 7) is 3.16. The number of ether oxygens (including phenoxy) is 1. The molecule has 2 aromatic rings. The van der Waals surface area contributed by atoms with Crippen LogP contribution in [0.4, 0.5) is 4.39 Å². The molecule has 0 N–H and O–H groups in total. The van der Waals surface area contributed by atoms with Crippen molar-refractivity contribution in [2.24, 2.45) is 0 Å². The maximum Gasteiger partial charge on any atom is 0.249 e. The minimum atomic E-state index is -0.268. The number of rotatable bonds is 6. The maximum atomic E-state index is 13.3. The van der Waals surface area contributed by atoms with Crippen molar-refractivity contribution in [1.82, 2.24) is 9.88 Å². The third kappa shape index (κ3) is 3.82. The van der Waals surface area contributed by atoms with Crippen LogP contribution in [0.5, 0.6) is 0 Å². The smallest absolute Gasteiger partial charge is 0.249 e. The van der Waals surface area contributed by atoms with E-state index in [0.29, 0.717) is 31.2 Å². The fourth-order valence-electron chi connectivity index (χ4n) is 3.00. The summed E-state index contributed by atoms with van der Waals surface area (Å²) >= 11 is 0. The Hall–Kier alpha value is -2.21. The summed E-state index contributed by atoms with van der Waals surface area (Å²) < 4.78 is 24.3. The molecule has 6 heteroatoms. The Labute approximate surface area is 140 Å². The lowest BCUT2D eigenvalue weighted by Crippen LogP contribution is -2.33. The van der Waals surface area contributed by atoms with Crippen molar-refractivity contribution in [1.29, 1.82) is 0 Å². The van der Waals surface area contributed by atoms with E-state index in [1.807, 2.05) is 13.0 Å². The summed E-state index contributed by atoms with van der Waals surface area (Å²) in [6.07, 6.45) is 3.88. The zero-order valence-corrected chi connectivity index (χ0v) is 13.7. The van der Waals surface area contributed by atoms with Crippen LogP contribution in [0, 0.1) is 5.82 Å². The average Bonchev–Trinajstić information content (AvgIpc) is 3.21. The van der Waals surface area contributed by atoms with Crippen molar-refractivity contribution in [3.8, 4) is 0 Å². The highest BCUT2D eigenvalue weighted by Gasteiger charge is 2.33. The SMILES string of the molecule is CCOCC(=O)N1CCCC1c1ncc(Cc2cccc(F)c2)o1. The Morgan fingerprint density at radius 1 is 1.50 bits per heavy atom. The van der Waals surface area contributed by atoms with Gasteiger partial charge in [0.1, 0.15) is 24.2 Å². The molecule has 0 spiro atoms. The number of hydrogen-bond donors (Lipinski definition) is 0. The summed E-state index contributed by atoms with van der Waals surface area (Å²) in [4.78, 5) is 18.3. The summed E-state index contributed by atoms with van der Waals surface area (Å²) in [5, 5.41) is 0. The van der Waals surface area contributed by atoms with Crippen LogP contribution in [0.1, 0.15) is 43.0 Å². The predicted molar refractivity (Wildman–Crippen MR) is 85.9 cm³/mol. The number of benzene rings is 1. The molecule has 1 aliphatic rings. The monoisotopic (exact) mass is 332 g/mol. The standard InChI is InChI=1S/C18H21FN2O3/c1-2-23-12-17(22)21-8-4-7-16(21)18-20-11-15(24-18)10-13-5-3-6-14(19)9-13/h3,5-6,9,11,16H,2,4,7-8,10,12H2,1H3. The van der Waals surface area contributed by atoms with E-state index in [4.69, 9.17) is 9.15 Å². The summed E-state index contributed by atoms with van der Waals surface area (Å²) in [7, 11) is 0. The first-order valence-electron chi connectivity index (χ1n) is 8.23. The van der Waals surface area contributed by atoms with Crippen molar-refractivity contribution < 1.29 is 18.3 Å². The Morgan fingerprint density at radius 2 is 2.38 bits per heavy atom. The van der Waals surface area contributed by atoms with Crippen LogP contribution >= 0.6 is 0 Å². The van der Waals surface area contributed by atoms with E-state index >= 15 is 0 Å². The van der Waals surface area contributed by atoms with Gasteiger partial charge in [-0.3, -0.25) is 4.79 Å². The minimum absolute atomic E-state index is 0.0377. The molecule has 0 bridgehead atoms. The van der Waals surface area contributed by atoms with Crippen molar-refractivity contribution in [2.45, 2.75) is 32.2 Å². The molecule has 1 saturated heterocycles. The molecule has 3 rings (SSSR count). The van der Waals surface area contributed by atoms with Gasteiger partial charge in [-0.2, -0.15) is 0 Å². The number of carbonyl (C=O) groups excluding carboxylic acids is 1. The first kappa shape index (κ1) is 16.6. The molecule has 1 amide bonds. The van der Waals surface area contributed by atoms with Gasteiger partial charge in [-0.15, -0.1) is 0 Å². The molecule has 5 nitrogen and oxygen atoms in total. The van der Waals surface area contributed by atoms with Gasteiger partial charge in [0, 0.05) is 19.6 Å². The van der Waals surface area contributed by atoms with Gasteiger partial charge in [-0.05, 0) is 37.5 Å². The van der Waals surface area contributed by atoms with Crippen LogP contribution in [0.3, 0.4) is 0 Å². The maximum absolute atomic E-state index is 13.3. The first-order chi connectivity index (χ1) is 11.7. The van der Waals surface area contributed by atoms with Gasteiger partial charge < -0.3 is 14.1 Å². The molecule has 1 unspecified atom stereocenters. The number of aromatic nitrogens is 1. The van der Waals surface area contributed by atoms with Gasteiger partial charge in [0.2, 0.25) is 11.8 Å². The molecule has 1 fully saturated rings. The Morgan fingerprint density at radius 3 is 3.17 bits per heavy atom. The lowest BCUT2D eigenvalue weighted by atomic mass is 10.1. The van der Waals surface area contributed by atoms with E-state index in [1.165, 1.54) is 12.1 Å². The molecular formula is C18H21FN2O3. The van der Waals surface area contributed by atoms with Crippen molar-refractivity contribution >= 4 is 5.91 Å². The Kier molecular flexibility index (Phi) is 5.25. The molecular weight excluding hydrogens is 311 g/mol. The quantitative estimate of drug-likeness (QED) is 0.816. The molecule has 24 heavy (non-hydrogen) atoms. The van der Waals surface area contributed by atoms with E-state index in [1.54, 1.807) is 17.2 Å². The third-order valence-electron chi connectivity index (χ3n) is 4.13. The normalized spacial score (nSPS) is 17.4. The van der Waals surface area contributed by atoms with Crippen molar-refractivity contribution in [3.63, 3.8) is 0 Å². The van der Waals surface area contributed by atoms with Crippen LogP contribution in [0.25, 0.3) is 0 Å². The molecule has 0 saturated carbocycles. The fourth-order valence-corrected chi connectivity index (χ4v) is 3.00. The van der Waals surface area contributed by atoms with Crippen LogP contribution in [0.2, 0.25) is 0 Å². The minimum Gasteiger partial charge on any atom is -0.443 e. The van der Waals surface area contributed by atoms with E-state index in [2.05, 4.69) is 4.98 Å². The molecule has 128 valence electrons. The Bertz CT molecular complexity index is 701. The molecule has 1 atom stereocenters. The average molecular weight is 332 g/mol. The summed E-state index contributed by atoms with van der Waals surface area (Å²) in [5.41, 5.74) is 0.827. The van der Waals surface area contributed by atoms with E-state index in [0.717, 1.165) is 18.4 Å². The fraction of sp³-hybridized carbons (Fsp3) is 0.444. The van der Waals surface area contributed by atoms with E-state index in [9.17, 15) is 9.18 Å². The Balaban J connectivity index is 1.69. The number of halogens is 1. The van der Waals surface area contributed by atoms with Crippen LogP contribution in [0.15, 0.2) is 34.9 Å². The number of nitrogens with zero attached hydrogens (tertiary/aromatic N) is 2. The lowest BCUT2D eigenvalue weighted by molar-refractivity contribution is -0.137. The largest absolute Gasteiger partial charge is 0.443 e. The highest BCUT2D eigenvalue weighted by atomic mass is 19.1. The number of oxazole rings is 1. The molecule has 2 heterocycles. The molecule has 1 aromatic carbocycles. The topological polar surface area (TPSA) is 55.6 Å². The van der Waals surface area contributed by atoms with Gasteiger partial charge >= 0.3 is 0 Å². The third-order valence-corrected chi connectivity index (χ3v) is 4.13. The molecule has 1 aliphatic heterocycles. The van der Waals surface area contributed by atoms with Gasteiger partial charge in [0.05, 0.1) is 6.20 Å². The van der Waals surface area contributed by atoms with Gasteiger partial charge in [-0.25, -0.2) is 9.37 Å². The highest BCUT2D eigenvalue weighted by Crippen LogP contribution is 2.32. The van der Waals surface area contributed by atoms with Crippen LogP contribution in [-0.2, 0) is 16.0 Å². The second kappa shape index (κ2) is 7.57. The number of carbonyl (C=O) groups is 1. The van der Waals surface area contributed by atoms with Gasteiger partial charge in [-0.1, -0.05) is 12.1 Å². The van der Waals surface area contributed by atoms with E-state index < -0.39 is 0 Å². The molecule has 1 aromatic heterocycles. The van der Waals surface area contributed by atoms with Crippen LogP contribution in [-0.4, -0.2) is 35.5 Å². The number of amides is 1. The first-order valence-corrected chi connectivity index (χ1v) is 8.23. The summed E-state index contributed by atoms with van der Waals surface area (Å²) in [5.74, 6) is 0.906. The second-order valence-electron chi connectivity index (χ2n) is 5.85. The molecule has 0 radical (unpaired) electrons.